The molecule has 0 amide bonds. The third-order valence-corrected chi connectivity index (χ3v) is 4.01. The molecule has 2 aromatic rings. The van der Waals surface area contributed by atoms with Crippen LogP contribution in [0.15, 0.2) is 54.6 Å². The summed E-state index contributed by atoms with van der Waals surface area (Å²) in [6.07, 6.45) is 4.83. The minimum absolute atomic E-state index is 0.411. The molecule has 0 aliphatic carbocycles. The van der Waals surface area contributed by atoms with Gasteiger partial charge in [-0.15, -0.1) is 0 Å². The summed E-state index contributed by atoms with van der Waals surface area (Å²) in [4.78, 5) is 0. The average molecular weight is 281 g/mol. The molecule has 0 aliphatic rings. The van der Waals surface area contributed by atoms with Gasteiger partial charge in [-0.3, -0.25) is 0 Å². The van der Waals surface area contributed by atoms with Crippen molar-refractivity contribution in [1.29, 1.82) is 0 Å². The Balaban J connectivity index is 1.78. The summed E-state index contributed by atoms with van der Waals surface area (Å²) >= 11 is 0. The van der Waals surface area contributed by atoms with Crippen LogP contribution in [0.2, 0.25) is 0 Å². The minimum atomic E-state index is 0.411. The predicted octanol–water partition coefficient (Wildman–Crippen LogP) is 4.92. The lowest BCUT2D eigenvalue weighted by Gasteiger charge is -2.15. The molecule has 112 valence electrons. The van der Waals surface area contributed by atoms with Crippen LogP contribution in [0.5, 0.6) is 0 Å². The zero-order valence-electron chi connectivity index (χ0n) is 13.3. The van der Waals surface area contributed by atoms with E-state index >= 15 is 0 Å². The standard InChI is InChI=1S/C20H27N/c1-3-4-8-19-11-13-20(14-12-19)17(2)21-16-15-18-9-6-5-7-10-18/h5-7,9-14,17,21H,3-4,8,15-16H2,1-2H3. The zero-order chi connectivity index (χ0) is 14.9. The van der Waals surface area contributed by atoms with E-state index in [9.17, 15) is 0 Å². The van der Waals surface area contributed by atoms with Crippen molar-refractivity contribution in [1.82, 2.24) is 5.32 Å². The number of rotatable bonds is 8. The normalized spacial score (nSPS) is 12.3. The average Bonchev–Trinajstić information content (AvgIpc) is 2.54. The predicted molar refractivity (Wildman–Crippen MR) is 91.6 cm³/mol. The monoisotopic (exact) mass is 281 g/mol. The molecular formula is C20H27N. The maximum Gasteiger partial charge on any atom is 0.0291 e. The first-order valence-corrected chi connectivity index (χ1v) is 8.15. The van der Waals surface area contributed by atoms with Gasteiger partial charge in [-0.05, 0) is 49.4 Å². The van der Waals surface area contributed by atoms with Crippen molar-refractivity contribution in [3.8, 4) is 0 Å². The molecule has 0 spiro atoms. The summed E-state index contributed by atoms with van der Waals surface area (Å²) in [7, 11) is 0. The van der Waals surface area contributed by atoms with Gasteiger partial charge in [0.15, 0.2) is 0 Å². The fourth-order valence-electron chi connectivity index (χ4n) is 2.55. The smallest absolute Gasteiger partial charge is 0.0291 e. The SMILES string of the molecule is CCCCc1ccc(C(C)NCCc2ccccc2)cc1. The molecule has 0 aliphatic heterocycles. The van der Waals surface area contributed by atoms with Crippen molar-refractivity contribution >= 4 is 0 Å². The summed E-state index contributed by atoms with van der Waals surface area (Å²) in [6.45, 7) is 5.50. The van der Waals surface area contributed by atoms with Gasteiger partial charge in [0.1, 0.15) is 0 Å². The Labute approximate surface area is 129 Å². The van der Waals surface area contributed by atoms with Gasteiger partial charge >= 0.3 is 0 Å². The molecular weight excluding hydrogens is 254 g/mol. The van der Waals surface area contributed by atoms with E-state index in [2.05, 4.69) is 73.8 Å². The molecule has 0 bridgehead atoms. The lowest BCUT2D eigenvalue weighted by Crippen LogP contribution is -2.21. The van der Waals surface area contributed by atoms with E-state index in [1.807, 2.05) is 0 Å². The van der Waals surface area contributed by atoms with Crippen molar-refractivity contribution in [2.45, 2.75) is 45.6 Å². The highest BCUT2D eigenvalue weighted by Crippen LogP contribution is 2.14. The van der Waals surface area contributed by atoms with E-state index in [4.69, 9.17) is 0 Å². The van der Waals surface area contributed by atoms with Gasteiger partial charge in [0.05, 0.1) is 0 Å². The van der Waals surface area contributed by atoms with Crippen LogP contribution >= 0.6 is 0 Å². The second-order valence-electron chi connectivity index (χ2n) is 5.76. The van der Waals surface area contributed by atoms with Crippen LogP contribution in [-0.2, 0) is 12.8 Å². The molecule has 21 heavy (non-hydrogen) atoms. The number of unbranched alkanes of at least 4 members (excludes halogenated alkanes) is 1. The Bertz CT molecular complexity index is 501. The van der Waals surface area contributed by atoms with Crippen LogP contribution in [0, 0.1) is 0 Å². The van der Waals surface area contributed by atoms with Gasteiger partial charge in [-0.2, -0.15) is 0 Å². The number of hydrogen-bond acceptors (Lipinski definition) is 1. The fraction of sp³-hybridized carbons (Fsp3) is 0.400. The quantitative estimate of drug-likeness (QED) is 0.724. The molecule has 1 N–H and O–H groups in total. The first-order valence-electron chi connectivity index (χ1n) is 8.15. The second-order valence-corrected chi connectivity index (χ2v) is 5.76. The van der Waals surface area contributed by atoms with E-state index in [-0.39, 0.29) is 0 Å². The molecule has 1 nitrogen and oxygen atoms in total. The third kappa shape index (κ3) is 5.35. The summed E-state index contributed by atoms with van der Waals surface area (Å²) in [5.41, 5.74) is 4.23. The lowest BCUT2D eigenvalue weighted by molar-refractivity contribution is 0.576. The summed E-state index contributed by atoms with van der Waals surface area (Å²) in [5, 5.41) is 3.61. The van der Waals surface area contributed by atoms with Crippen molar-refractivity contribution in [2.75, 3.05) is 6.54 Å². The molecule has 1 unspecified atom stereocenters. The van der Waals surface area contributed by atoms with E-state index in [1.165, 1.54) is 36.0 Å². The van der Waals surface area contributed by atoms with Gasteiger partial charge in [-0.25, -0.2) is 0 Å². The van der Waals surface area contributed by atoms with Crippen LogP contribution in [0.1, 0.15) is 49.4 Å². The summed E-state index contributed by atoms with van der Waals surface area (Å²) in [5.74, 6) is 0. The Morgan fingerprint density at radius 2 is 1.52 bits per heavy atom. The van der Waals surface area contributed by atoms with Gasteiger partial charge in [-0.1, -0.05) is 67.9 Å². The molecule has 0 aromatic heterocycles. The molecule has 1 heteroatoms. The molecule has 0 heterocycles. The zero-order valence-corrected chi connectivity index (χ0v) is 13.3. The Kier molecular flexibility index (Phi) is 6.49. The van der Waals surface area contributed by atoms with E-state index in [0.29, 0.717) is 6.04 Å². The number of benzene rings is 2. The molecule has 1 atom stereocenters. The van der Waals surface area contributed by atoms with Gasteiger partial charge in [0.25, 0.3) is 0 Å². The number of hydrogen-bond donors (Lipinski definition) is 1. The fourth-order valence-corrected chi connectivity index (χ4v) is 2.55. The van der Waals surface area contributed by atoms with Crippen LogP contribution < -0.4 is 5.32 Å². The molecule has 2 rings (SSSR count). The van der Waals surface area contributed by atoms with Crippen LogP contribution in [-0.4, -0.2) is 6.54 Å². The van der Waals surface area contributed by atoms with Crippen molar-refractivity contribution in [3.05, 3.63) is 71.3 Å². The van der Waals surface area contributed by atoms with Crippen LogP contribution in [0.3, 0.4) is 0 Å². The first-order chi connectivity index (χ1) is 10.3. The highest BCUT2D eigenvalue weighted by molar-refractivity contribution is 5.25. The largest absolute Gasteiger partial charge is 0.310 e. The van der Waals surface area contributed by atoms with Gasteiger partial charge in [0.2, 0.25) is 0 Å². The lowest BCUT2D eigenvalue weighted by atomic mass is 10.0. The Morgan fingerprint density at radius 3 is 2.19 bits per heavy atom. The topological polar surface area (TPSA) is 12.0 Å². The first kappa shape index (κ1) is 15.8. The van der Waals surface area contributed by atoms with Crippen molar-refractivity contribution in [2.24, 2.45) is 0 Å². The van der Waals surface area contributed by atoms with E-state index in [0.717, 1.165) is 13.0 Å². The van der Waals surface area contributed by atoms with Crippen LogP contribution in [0.25, 0.3) is 0 Å². The van der Waals surface area contributed by atoms with Crippen molar-refractivity contribution < 1.29 is 0 Å². The number of nitrogens with one attached hydrogen (secondary N) is 1. The number of aryl methyl sites for hydroxylation is 1. The van der Waals surface area contributed by atoms with Crippen LogP contribution in [0.4, 0.5) is 0 Å². The maximum absolute atomic E-state index is 3.61. The highest BCUT2D eigenvalue weighted by atomic mass is 14.9. The Hall–Kier alpha value is -1.60. The molecule has 0 saturated heterocycles. The van der Waals surface area contributed by atoms with Crippen molar-refractivity contribution in [3.63, 3.8) is 0 Å². The van der Waals surface area contributed by atoms with E-state index in [1.54, 1.807) is 0 Å². The minimum Gasteiger partial charge on any atom is -0.310 e. The highest BCUT2D eigenvalue weighted by Gasteiger charge is 2.04. The maximum atomic E-state index is 3.61. The van der Waals surface area contributed by atoms with Gasteiger partial charge < -0.3 is 5.32 Å². The molecule has 0 radical (unpaired) electrons. The second kappa shape index (κ2) is 8.63. The molecule has 0 fully saturated rings. The summed E-state index contributed by atoms with van der Waals surface area (Å²) < 4.78 is 0. The van der Waals surface area contributed by atoms with E-state index < -0.39 is 0 Å². The molecule has 0 saturated carbocycles. The third-order valence-electron chi connectivity index (χ3n) is 4.01. The summed E-state index contributed by atoms with van der Waals surface area (Å²) in [6, 6.07) is 20.2. The molecule has 2 aromatic carbocycles. The Morgan fingerprint density at radius 1 is 0.857 bits per heavy atom. The van der Waals surface area contributed by atoms with Gasteiger partial charge in [0, 0.05) is 6.04 Å².